The summed E-state index contributed by atoms with van der Waals surface area (Å²) in [5, 5.41) is 0. The van der Waals surface area contributed by atoms with Gasteiger partial charge in [0, 0.05) is 29.6 Å². The van der Waals surface area contributed by atoms with E-state index in [1.54, 1.807) is 22.5 Å². The third-order valence-electron chi connectivity index (χ3n) is 2.33. The molecule has 0 atom stereocenters. The molecule has 0 N–H and O–H groups in total. The van der Waals surface area contributed by atoms with E-state index in [4.69, 9.17) is 0 Å². The van der Waals surface area contributed by atoms with Crippen molar-refractivity contribution in [2.45, 2.75) is 18.4 Å². The van der Waals surface area contributed by atoms with E-state index < -0.39 is 0 Å². The second-order valence-electron chi connectivity index (χ2n) is 3.77. The predicted molar refractivity (Wildman–Crippen MR) is 70.4 cm³/mol. The summed E-state index contributed by atoms with van der Waals surface area (Å²) in [6.45, 7) is 2.63. The molecule has 0 saturated heterocycles. The third kappa shape index (κ3) is 3.46. The second kappa shape index (κ2) is 5.68. The Morgan fingerprint density at radius 3 is 2.82 bits per heavy atom. The smallest absolute Gasteiger partial charge is 0.298 e. The van der Waals surface area contributed by atoms with Crippen LogP contribution in [0.1, 0.15) is 5.56 Å². The van der Waals surface area contributed by atoms with Gasteiger partial charge in [-0.3, -0.25) is 4.57 Å². The van der Waals surface area contributed by atoms with E-state index in [0.717, 1.165) is 11.3 Å². The van der Waals surface area contributed by atoms with Crippen molar-refractivity contribution >= 4 is 11.8 Å². The molecule has 1 aromatic heterocycles. The molecule has 88 valence electrons. The maximum atomic E-state index is 11.5. The molecule has 4 heteroatoms. The number of thioether (sulfide) groups is 1. The molecule has 0 aliphatic heterocycles. The van der Waals surface area contributed by atoms with Crippen molar-refractivity contribution in [2.24, 2.45) is 0 Å². The average molecular weight is 246 g/mol. The number of aromatic nitrogens is 2. The largest absolute Gasteiger partial charge is 0.347 e. The van der Waals surface area contributed by atoms with Crippen LogP contribution in [0.5, 0.6) is 0 Å². The van der Waals surface area contributed by atoms with Gasteiger partial charge in [0.15, 0.2) is 0 Å². The van der Waals surface area contributed by atoms with Crippen molar-refractivity contribution in [1.82, 2.24) is 9.55 Å². The zero-order chi connectivity index (χ0) is 12.1. The van der Waals surface area contributed by atoms with Crippen molar-refractivity contribution in [3.8, 4) is 0 Å². The SMILES string of the molecule is Cc1cnc(=O)n(CCSc2ccccc2)c1. The molecule has 1 aromatic carbocycles. The van der Waals surface area contributed by atoms with Gasteiger partial charge in [-0.1, -0.05) is 18.2 Å². The van der Waals surface area contributed by atoms with E-state index in [2.05, 4.69) is 17.1 Å². The molecule has 0 amide bonds. The Kier molecular flexibility index (Phi) is 3.98. The van der Waals surface area contributed by atoms with E-state index in [-0.39, 0.29) is 5.69 Å². The summed E-state index contributed by atoms with van der Waals surface area (Å²) in [4.78, 5) is 16.5. The fourth-order valence-electron chi connectivity index (χ4n) is 1.50. The van der Waals surface area contributed by atoms with Gasteiger partial charge in [0.05, 0.1) is 0 Å². The first kappa shape index (κ1) is 11.9. The lowest BCUT2D eigenvalue weighted by atomic mass is 10.4. The Morgan fingerprint density at radius 2 is 2.06 bits per heavy atom. The van der Waals surface area contributed by atoms with Gasteiger partial charge in [0.2, 0.25) is 0 Å². The first-order valence-corrected chi connectivity index (χ1v) is 6.45. The first-order chi connectivity index (χ1) is 8.25. The summed E-state index contributed by atoms with van der Waals surface area (Å²) in [7, 11) is 0. The maximum absolute atomic E-state index is 11.5. The number of hydrogen-bond donors (Lipinski definition) is 0. The molecule has 0 spiro atoms. The minimum absolute atomic E-state index is 0.177. The lowest BCUT2D eigenvalue weighted by Gasteiger charge is -2.05. The molecule has 0 fully saturated rings. The van der Waals surface area contributed by atoms with Crippen molar-refractivity contribution in [1.29, 1.82) is 0 Å². The van der Waals surface area contributed by atoms with E-state index in [0.29, 0.717) is 6.54 Å². The van der Waals surface area contributed by atoms with Crippen molar-refractivity contribution in [3.05, 3.63) is 58.8 Å². The van der Waals surface area contributed by atoms with Crippen LogP contribution >= 0.6 is 11.8 Å². The Labute approximate surface area is 105 Å². The number of aryl methyl sites for hydroxylation is 2. The van der Waals surface area contributed by atoms with E-state index >= 15 is 0 Å². The minimum atomic E-state index is -0.177. The quantitative estimate of drug-likeness (QED) is 0.777. The van der Waals surface area contributed by atoms with Gasteiger partial charge in [0.25, 0.3) is 0 Å². The van der Waals surface area contributed by atoms with Gasteiger partial charge in [-0.15, -0.1) is 11.8 Å². The molecule has 0 unspecified atom stereocenters. The van der Waals surface area contributed by atoms with Crippen LogP contribution in [0.25, 0.3) is 0 Å². The maximum Gasteiger partial charge on any atom is 0.347 e. The predicted octanol–water partition coefficient (Wildman–Crippen LogP) is 2.34. The zero-order valence-corrected chi connectivity index (χ0v) is 10.5. The fraction of sp³-hybridized carbons (Fsp3) is 0.231. The van der Waals surface area contributed by atoms with E-state index in [9.17, 15) is 4.79 Å². The van der Waals surface area contributed by atoms with Crippen LogP contribution in [0, 0.1) is 6.92 Å². The van der Waals surface area contributed by atoms with Gasteiger partial charge in [-0.2, -0.15) is 0 Å². The molecule has 0 bridgehead atoms. The molecular formula is C13H14N2OS. The van der Waals surface area contributed by atoms with E-state index in [1.165, 1.54) is 4.90 Å². The molecule has 2 aromatic rings. The first-order valence-electron chi connectivity index (χ1n) is 5.46. The monoisotopic (exact) mass is 246 g/mol. The molecule has 1 heterocycles. The van der Waals surface area contributed by atoms with Crippen LogP contribution < -0.4 is 5.69 Å². The van der Waals surface area contributed by atoms with Crippen molar-refractivity contribution in [2.75, 3.05) is 5.75 Å². The van der Waals surface area contributed by atoms with Gasteiger partial charge >= 0.3 is 5.69 Å². The standard InChI is InChI=1S/C13H14N2OS/c1-11-9-14-13(16)15(10-11)7-8-17-12-5-3-2-4-6-12/h2-6,9-10H,7-8H2,1H3. The molecule has 2 rings (SSSR count). The highest BCUT2D eigenvalue weighted by molar-refractivity contribution is 7.99. The molecule has 0 aliphatic rings. The van der Waals surface area contributed by atoms with Crippen LogP contribution in [0.15, 0.2) is 52.4 Å². The minimum Gasteiger partial charge on any atom is -0.298 e. The summed E-state index contributed by atoms with van der Waals surface area (Å²) in [5.74, 6) is 0.870. The van der Waals surface area contributed by atoms with E-state index in [1.807, 2.05) is 31.3 Å². The van der Waals surface area contributed by atoms with Crippen LogP contribution in [0.4, 0.5) is 0 Å². The number of rotatable bonds is 4. The van der Waals surface area contributed by atoms with Crippen molar-refractivity contribution in [3.63, 3.8) is 0 Å². The lowest BCUT2D eigenvalue weighted by molar-refractivity contribution is 0.700. The average Bonchev–Trinajstić information content (AvgIpc) is 2.35. The van der Waals surface area contributed by atoms with Gasteiger partial charge in [-0.25, -0.2) is 9.78 Å². The summed E-state index contributed by atoms with van der Waals surface area (Å²) < 4.78 is 1.66. The van der Waals surface area contributed by atoms with Crippen molar-refractivity contribution < 1.29 is 0 Å². The van der Waals surface area contributed by atoms with Gasteiger partial charge in [0.1, 0.15) is 0 Å². The van der Waals surface area contributed by atoms with Crippen LogP contribution in [0.3, 0.4) is 0 Å². The molecule has 17 heavy (non-hydrogen) atoms. The fourth-order valence-corrected chi connectivity index (χ4v) is 2.38. The van der Waals surface area contributed by atoms with Crippen LogP contribution in [-0.2, 0) is 6.54 Å². The van der Waals surface area contributed by atoms with Crippen LogP contribution in [-0.4, -0.2) is 15.3 Å². The van der Waals surface area contributed by atoms with Gasteiger partial charge < -0.3 is 0 Å². The van der Waals surface area contributed by atoms with Gasteiger partial charge in [-0.05, 0) is 24.6 Å². The molecule has 3 nitrogen and oxygen atoms in total. The number of nitrogens with zero attached hydrogens (tertiary/aromatic N) is 2. The molecular weight excluding hydrogens is 232 g/mol. The number of hydrogen-bond acceptors (Lipinski definition) is 3. The summed E-state index contributed by atoms with van der Waals surface area (Å²) in [6, 6.07) is 10.2. The van der Waals surface area contributed by atoms with Crippen LogP contribution in [0.2, 0.25) is 0 Å². The molecule has 0 aliphatic carbocycles. The molecule has 0 radical (unpaired) electrons. The second-order valence-corrected chi connectivity index (χ2v) is 4.94. The summed E-state index contributed by atoms with van der Waals surface area (Å²) >= 11 is 1.74. The summed E-state index contributed by atoms with van der Waals surface area (Å²) in [6.07, 6.45) is 3.45. The topological polar surface area (TPSA) is 34.9 Å². The Bertz CT molecular complexity index is 537. The Balaban J connectivity index is 1.94. The lowest BCUT2D eigenvalue weighted by Crippen LogP contribution is -2.23. The highest BCUT2D eigenvalue weighted by atomic mass is 32.2. The summed E-state index contributed by atoms with van der Waals surface area (Å²) in [5.41, 5.74) is 0.832. The molecule has 0 saturated carbocycles. The zero-order valence-electron chi connectivity index (χ0n) is 9.67. The highest BCUT2D eigenvalue weighted by Gasteiger charge is 1.98. The third-order valence-corrected chi connectivity index (χ3v) is 3.32. The Morgan fingerprint density at radius 1 is 1.29 bits per heavy atom. The Hall–Kier alpha value is -1.55. The highest BCUT2D eigenvalue weighted by Crippen LogP contribution is 2.16. The number of benzene rings is 1. The normalized spacial score (nSPS) is 10.4.